The molecule has 2 fully saturated rings. The summed E-state index contributed by atoms with van der Waals surface area (Å²) in [6.07, 6.45) is 5.69. The Labute approximate surface area is 110 Å². The lowest BCUT2D eigenvalue weighted by Crippen LogP contribution is -2.29. The number of hydrogen-bond donors (Lipinski definition) is 1. The van der Waals surface area contributed by atoms with Crippen LogP contribution in [0.4, 0.5) is 5.69 Å². The van der Waals surface area contributed by atoms with Crippen LogP contribution in [-0.2, 0) is 6.54 Å². The zero-order chi connectivity index (χ0) is 12.5. The van der Waals surface area contributed by atoms with Crippen LogP contribution in [0.3, 0.4) is 0 Å². The average molecular weight is 244 g/mol. The Kier molecular flexibility index (Phi) is 3.29. The van der Waals surface area contributed by atoms with Gasteiger partial charge in [-0.15, -0.1) is 0 Å². The van der Waals surface area contributed by atoms with Crippen molar-refractivity contribution < 1.29 is 0 Å². The molecule has 2 aliphatic rings. The van der Waals surface area contributed by atoms with Gasteiger partial charge in [0, 0.05) is 25.3 Å². The fraction of sp³-hybridized carbons (Fsp3) is 0.625. The third-order valence-corrected chi connectivity index (χ3v) is 4.15. The molecular formula is C16H24N2. The summed E-state index contributed by atoms with van der Waals surface area (Å²) in [5.41, 5.74) is 9.96. The molecule has 0 aliphatic heterocycles. The van der Waals surface area contributed by atoms with Gasteiger partial charge in [0.25, 0.3) is 0 Å². The Morgan fingerprint density at radius 3 is 2.22 bits per heavy atom. The van der Waals surface area contributed by atoms with Crippen LogP contribution >= 0.6 is 0 Å². The number of anilines is 1. The van der Waals surface area contributed by atoms with Crippen LogP contribution in [0.5, 0.6) is 0 Å². The van der Waals surface area contributed by atoms with E-state index in [9.17, 15) is 0 Å². The lowest BCUT2D eigenvalue weighted by atomic mass is 10.1. The molecule has 0 aromatic heterocycles. The quantitative estimate of drug-likeness (QED) is 0.833. The van der Waals surface area contributed by atoms with Crippen LogP contribution in [0, 0.1) is 18.8 Å². The van der Waals surface area contributed by atoms with Crippen molar-refractivity contribution in [1.82, 2.24) is 0 Å². The van der Waals surface area contributed by atoms with Crippen molar-refractivity contribution >= 4 is 5.69 Å². The van der Waals surface area contributed by atoms with Gasteiger partial charge >= 0.3 is 0 Å². The number of nitrogens with zero attached hydrogens (tertiary/aromatic N) is 1. The largest absolute Gasteiger partial charge is 0.371 e. The molecule has 98 valence electrons. The third kappa shape index (κ3) is 2.86. The second-order valence-electron chi connectivity index (χ2n) is 6.13. The highest BCUT2D eigenvalue weighted by Gasteiger charge is 2.30. The molecule has 0 spiro atoms. The van der Waals surface area contributed by atoms with Gasteiger partial charge in [-0.2, -0.15) is 0 Å². The third-order valence-electron chi connectivity index (χ3n) is 4.15. The predicted molar refractivity (Wildman–Crippen MR) is 76.7 cm³/mol. The molecule has 0 bridgehead atoms. The highest BCUT2D eigenvalue weighted by Crippen LogP contribution is 2.36. The minimum atomic E-state index is 0.654. The number of benzene rings is 1. The van der Waals surface area contributed by atoms with Gasteiger partial charge in [0.15, 0.2) is 0 Å². The van der Waals surface area contributed by atoms with E-state index < -0.39 is 0 Å². The molecule has 0 heterocycles. The fourth-order valence-corrected chi connectivity index (χ4v) is 2.64. The van der Waals surface area contributed by atoms with Crippen LogP contribution in [0.15, 0.2) is 18.2 Å². The SMILES string of the molecule is Cc1ccc(CN)c(N(CC2CC2)CC2CC2)c1. The molecule has 2 nitrogen and oxygen atoms in total. The summed E-state index contributed by atoms with van der Waals surface area (Å²) >= 11 is 0. The molecule has 18 heavy (non-hydrogen) atoms. The topological polar surface area (TPSA) is 29.3 Å². The number of aryl methyl sites for hydroxylation is 1. The molecular weight excluding hydrogens is 220 g/mol. The van der Waals surface area contributed by atoms with Gasteiger partial charge in [-0.1, -0.05) is 12.1 Å². The molecule has 1 aromatic rings. The minimum absolute atomic E-state index is 0.654. The van der Waals surface area contributed by atoms with E-state index in [2.05, 4.69) is 30.0 Å². The summed E-state index contributed by atoms with van der Waals surface area (Å²) in [6.45, 7) is 5.32. The Bertz CT molecular complexity index is 405. The van der Waals surface area contributed by atoms with Gasteiger partial charge in [0.05, 0.1) is 0 Å². The van der Waals surface area contributed by atoms with E-state index in [1.165, 1.54) is 55.6 Å². The van der Waals surface area contributed by atoms with E-state index in [1.54, 1.807) is 0 Å². The molecule has 3 rings (SSSR count). The molecule has 0 atom stereocenters. The number of rotatable bonds is 6. The highest BCUT2D eigenvalue weighted by atomic mass is 15.1. The maximum absolute atomic E-state index is 5.90. The van der Waals surface area contributed by atoms with Crippen LogP contribution in [0.2, 0.25) is 0 Å². The molecule has 2 aliphatic carbocycles. The van der Waals surface area contributed by atoms with Gasteiger partial charge in [0.1, 0.15) is 0 Å². The molecule has 2 saturated carbocycles. The molecule has 2 N–H and O–H groups in total. The van der Waals surface area contributed by atoms with Crippen molar-refractivity contribution in [3.63, 3.8) is 0 Å². The van der Waals surface area contributed by atoms with Gasteiger partial charge < -0.3 is 10.6 Å². The summed E-state index contributed by atoms with van der Waals surface area (Å²) < 4.78 is 0. The minimum Gasteiger partial charge on any atom is -0.371 e. The van der Waals surface area contributed by atoms with E-state index in [1.807, 2.05) is 0 Å². The Morgan fingerprint density at radius 2 is 1.72 bits per heavy atom. The molecule has 0 saturated heterocycles. The Hall–Kier alpha value is -1.02. The van der Waals surface area contributed by atoms with Crippen LogP contribution in [0.1, 0.15) is 36.8 Å². The van der Waals surface area contributed by atoms with Crippen LogP contribution < -0.4 is 10.6 Å². The fourth-order valence-electron chi connectivity index (χ4n) is 2.64. The Balaban J connectivity index is 1.83. The second kappa shape index (κ2) is 4.93. The second-order valence-corrected chi connectivity index (χ2v) is 6.13. The number of nitrogens with two attached hydrogens (primary N) is 1. The van der Waals surface area contributed by atoms with Crippen molar-refractivity contribution in [2.45, 2.75) is 39.2 Å². The molecule has 2 heteroatoms. The molecule has 0 amide bonds. The van der Waals surface area contributed by atoms with Crippen molar-refractivity contribution in [1.29, 1.82) is 0 Å². The zero-order valence-electron chi connectivity index (χ0n) is 11.4. The van der Waals surface area contributed by atoms with E-state index in [-0.39, 0.29) is 0 Å². The maximum Gasteiger partial charge on any atom is 0.0414 e. The van der Waals surface area contributed by atoms with Gasteiger partial charge in [-0.05, 0) is 61.6 Å². The average Bonchev–Trinajstić information content (AvgIpc) is 3.23. The lowest BCUT2D eigenvalue weighted by molar-refractivity contribution is 0.676. The van der Waals surface area contributed by atoms with E-state index in [4.69, 9.17) is 5.73 Å². The van der Waals surface area contributed by atoms with Gasteiger partial charge in [-0.25, -0.2) is 0 Å². The van der Waals surface area contributed by atoms with E-state index in [0.717, 1.165) is 11.8 Å². The monoisotopic (exact) mass is 244 g/mol. The summed E-state index contributed by atoms with van der Waals surface area (Å²) in [5.74, 6) is 1.88. The molecule has 0 unspecified atom stereocenters. The first-order chi connectivity index (χ1) is 8.76. The zero-order valence-corrected chi connectivity index (χ0v) is 11.4. The van der Waals surface area contributed by atoms with E-state index in [0.29, 0.717) is 6.54 Å². The van der Waals surface area contributed by atoms with Gasteiger partial charge in [0.2, 0.25) is 0 Å². The smallest absolute Gasteiger partial charge is 0.0414 e. The van der Waals surface area contributed by atoms with Crippen molar-refractivity contribution in [2.75, 3.05) is 18.0 Å². The number of hydrogen-bond acceptors (Lipinski definition) is 2. The van der Waals surface area contributed by atoms with Crippen molar-refractivity contribution in [3.05, 3.63) is 29.3 Å². The lowest BCUT2D eigenvalue weighted by Gasteiger charge is -2.27. The summed E-state index contributed by atoms with van der Waals surface area (Å²) in [7, 11) is 0. The standard InChI is InChI=1S/C16H24N2/c1-12-2-7-15(9-17)16(8-12)18(10-13-3-4-13)11-14-5-6-14/h2,7-8,13-14H,3-6,9-11,17H2,1H3. The molecule has 1 aromatic carbocycles. The summed E-state index contributed by atoms with van der Waals surface area (Å²) in [6, 6.07) is 6.71. The highest BCUT2D eigenvalue weighted by molar-refractivity contribution is 5.56. The van der Waals surface area contributed by atoms with Gasteiger partial charge in [-0.3, -0.25) is 0 Å². The maximum atomic E-state index is 5.90. The summed E-state index contributed by atoms with van der Waals surface area (Å²) in [4.78, 5) is 2.62. The van der Waals surface area contributed by atoms with E-state index >= 15 is 0 Å². The summed E-state index contributed by atoms with van der Waals surface area (Å²) in [5, 5.41) is 0. The molecule has 0 radical (unpaired) electrons. The predicted octanol–water partition coefficient (Wildman–Crippen LogP) is 3.08. The van der Waals surface area contributed by atoms with Crippen molar-refractivity contribution in [2.24, 2.45) is 17.6 Å². The van der Waals surface area contributed by atoms with Crippen molar-refractivity contribution in [3.8, 4) is 0 Å². The normalized spacial score (nSPS) is 19.0. The first-order valence-electron chi connectivity index (χ1n) is 7.31. The first kappa shape index (κ1) is 12.0. The Morgan fingerprint density at radius 1 is 1.11 bits per heavy atom. The van der Waals surface area contributed by atoms with Crippen LogP contribution in [0.25, 0.3) is 0 Å². The van der Waals surface area contributed by atoms with Crippen LogP contribution in [-0.4, -0.2) is 13.1 Å². The first-order valence-corrected chi connectivity index (χ1v) is 7.31.